The summed E-state index contributed by atoms with van der Waals surface area (Å²) in [5.74, 6) is 0.928. The van der Waals surface area contributed by atoms with Crippen molar-refractivity contribution < 1.29 is 0 Å². The number of aromatic nitrogens is 2. The molecular formula is C12H20N4S. The van der Waals surface area contributed by atoms with Crippen LogP contribution in [0.1, 0.15) is 26.0 Å². The molecule has 0 saturated heterocycles. The van der Waals surface area contributed by atoms with Crippen molar-refractivity contribution in [1.82, 2.24) is 15.1 Å². The van der Waals surface area contributed by atoms with Gasteiger partial charge in [-0.3, -0.25) is 10.00 Å². The molecule has 0 aromatic carbocycles. The number of hydrogen-bond donors (Lipinski definition) is 1. The van der Waals surface area contributed by atoms with Crippen LogP contribution in [0.5, 0.6) is 0 Å². The van der Waals surface area contributed by atoms with E-state index in [4.69, 9.17) is 5.26 Å². The van der Waals surface area contributed by atoms with Crippen LogP contribution in [0.3, 0.4) is 0 Å². The monoisotopic (exact) mass is 252 g/mol. The summed E-state index contributed by atoms with van der Waals surface area (Å²) in [4.78, 5) is 0. The van der Waals surface area contributed by atoms with Crippen LogP contribution in [-0.4, -0.2) is 27.6 Å². The topological polar surface area (TPSA) is 53.6 Å². The van der Waals surface area contributed by atoms with E-state index < -0.39 is 0 Å². The van der Waals surface area contributed by atoms with Crippen molar-refractivity contribution >= 4 is 11.8 Å². The normalized spacial score (nSPS) is 12.7. The summed E-state index contributed by atoms with van der Waals surface area (Å²) in [5.41, 5.74) is 1.03. The second kappa shape index (κ2) is 6.67. The highest BCUT2D eigenvalue weighted by molar-refractivity contribution is 7.99. The minimum absolute atomic E-state index is 0.0585. The lowest BCUT2D eigenvalue weighted by Gasteiger charge is -2.13. The van der Waals surface area contributed by atoms with Gasteiger partial charge in [0.05, 0.1) is 22.8 Å². The maximum atomic E-state index is 8.99. The average molecular weight is 252 g/mol. The summed E-state index contributed by atoms with van der Waals surface area (Å²) in [6.07, 6.45) is 0.851. The lowest BCUT2D eigenvalue weighted by atomic mass is 10.2. The van der Waals surface area contributed by atoms with Crippen LogP contribution in [0.4, 0.5) is 0 Å². The second-order valence-corrected chi connectivity index (χ2v) is 5.50. The molecular weight excluding hydrogens is 232 g/mol. The molecule has 94 valence electrons. The SMILES string of the molecule is Cc1cc(SCCC(C#N)NC(C)C)n(C)n1. The van der Waals surface area contributed by atoms with Crippen molar-refractivity contribution in [1.29, 1.82) is 5.26 Å². The molecule has 4 nitrogen and oxygen atoms in total. The van der Waals surface area contributed by atoms with Crippen molar-refractivity contribution in [3.05, 3.63) is 11.8 Å². The van der Waals surface area contributed by atoms with Crippen molar-refractivity contribution in [2.45, 2.75) is 44.3 Å². The number of rotatable bonds is 6. The highest BCUT2D eigenvalue weighted by Crippen LogP contribution is 2.19. The number of nitriles is 1. The Hall–Kier alpha value is -0.990. The molecule has 1 unspecified atom stereocenters. The minimum Gasteiger partial charge on any atom is -0.300 e. The van der Waals surface area contributed by atoms with E-state index >= 15 is 0 Å². The van der Waals surface area contributed by atoms with Crippen LogP contribution in [0.2, 0.25) is 0 Å². The third-order valence-corrected chi connectivity index (χ3v) is 3.42. The molecule has 0 aliphatic carbocycles. The molecule has 0 bridgehead atoms. The second-order valence-electron chi connectivity index (χ2n) is 4.39. The lowest BCUT2D eigenvalue weighted by molar-refractivity contribution is 0.522. The Balaban J connectivity index is 2.37. The Morgan fingerprint density at radius 1 is 1.59 bits per heavy atom. The first-order valence-electron chi connectivity index (χ1n) is 5.82. The molecule has 1 atom stereocenters. The Bertz CT molecular complexity index is 392. The highest BCUT2D eigenvalue weighted by Gasteiger charge is 2.09. The van der Waals surface area contributed by atoms with E-state index in [0.29, 0.717) is 6.04 Å². The van der Waals surface area contributed by atoms with Crippen LogP contribution >= 0.6 is 11.8 Å². The number of nitrogens with zero attached hydrogens (tertiary/aromatic N) is 3. The van der Waals surface area contributed by atoms with Gasteiger partial charge in [-0.1, -0.05) is 0 Å². The fourth-order valence-corrected chi connectivity index (χ4v) is 2.64. The molecule has 1 rings (SSSR count). The van der Waals surface area contributed by atoms with Crippen molar-refractivity contribution in [2.75, 3.05) is 5.75 Å². The smallest absolute Gasteiger partial charge is 0.0962 e. The Morgan fingerprint density at radius 2 is 2.29 bits per heavy atom. The van der Waals surface area contributed by atoms with Gasteiger partial charge in [-0.25, -0.2) is 0 Å². The number of nitrogens with one attached hydrogen (secondary N) is 1. The van der Waals surface area contributed by atoms with Gasteiger partial charge in [0.15, 0.2) is 0 Å². The number of aryl methyl sites for hydroxylation is 2. The predicted octanol–water partition coefficient (Wildman–Crippen LogP) is 2.10. The largest absolute Gasteiger partial charge is 0.300 e. The van der Waals surface area contributed by atoms with E-state index in [9.17, 15) is 0 Å². The zero-order valence-electron chi connectivity index (χ0n) is 10.9. The van der Waals surface area contributed by atoms with Crippen LogP contribution in [0.25, 0.3) is 0 Å². The molecule has 0 amide bonds. The Morgan fingerprint density at radius 3 is 2.76 bits per heavy atom. The first kappa shape index (κ1) is 14.1. The van der Waals surface area contributed by atoms with Gasteiger partial charge in [0, 0.05) is 18.8 Å². The van der Waals surface area contributed by atoms with Gasteiger partial charge >= 0.3 is 0 Å². The fourth-order valence-electron chi connectivity index (χ4n) is 1.59. The van der Waals surface area contributed by atoms with Crippen molar-refractivity contribution in [2.24, 2.45) is 7.05 Å². The molecule has 0 saturated carbocycles. The summed E-state index contributed by atoms with van der Waals surface area (Å²) in [7, 11) is 1.95. The summed E-state index contributed by atoms with van der Waals surface area (Å²) >= 11 is 1.75. The van der Waals surface area contributed by atoms with Crippen LogP contribution in [0, 0.1) is 18.3 Å². The van der Waals surface area contributed by atoms with E-state index in [0.717, 1.165) is 22.9 Å². The molecule has 1 aromatic rings. The van der Waals surface area contributed by atoms with E-state index in [1.807, 2.05) is 18.7 Å². The van der Waals surface area contributed by atoms with E-state index in [1.54, 1.807) is 11.8 Å². The fraction of sp³-hybridized carbons (Fsp3) is 0.667. The van der Waals surface area contributed by atoms with Gasteiger partial charge in [-0.15, -0.1) is 11.8 Å². The maximum Gasteiger partial charge on any atom is 0.0962 e. The molecule has 1 aromatic heterocycles. The van der Waals surface area contributed by atoms with Gasteiger partial charge in [-0.2, -0.15) is 10.4 Å². The quantitative estimate of drug-likeness (QED) is 0.788. The van der Waals surface area contributed by atoms with Gasteiger partial charge in [0.2, 0.25) is 0 Å². The van der Waals surface area contributed by atoms with Crippen LogP contribution in [-0.2, 0) is 7.05 Å². The van der Waals surface area contributed by atoms with Crippen molar-refractivity contribution in [3.63, 3.8) is 0 Å². The highest BCUT2D eigenvalue weighted by atomic mass is 32.2. The predicted molar refractivity (Wildman–Crippen MR) is 71.0 cm³/mol. The van der Waals surface area contributed by atoms with Crippen LogP contribution < -0.4 is 5.32 Å². The zero-order chi connectivity index (χ0) is 12.8. The van der Waals surface area contributed by atoms with Gasteiger partial charge in [0.1, 0.15) is 0 Å². The first-order valence-corrected chi connectivity index (χ1v) is 6.80. The zero-order valence-corrected chi connectivity index (χ0v) is 11.7. The lowest BCUT2D eigenvalue weighted by Crippen LogP contribution is -2.33. The van der Waals surface area contributed by atoms with Crippen LogP contribution in [0.15, 0.2) is 11.1 Å². The van der Waals surface area contributed by atoms with E-state index in [2.05, 4.69) is 36.4 Å². The molecule has 0 spiro atoms. The molecule has 0 aliphatic rings. The van der Waals surface area contributed by atoms with Gasteiger partial charge in [-0.05, 0) is 33.3 Å². The third kappa shape index (κ3) is 4.80. The maximum absolute atomic E-state index is 8.99. The number of hydrogen-bond acceptors (Lipinski definition) is 4. The summed E-state index contributed by atoms with van der Waals surface area (Å²) in [6, 6.07) is 4.66. The molecule has 1 N–H and O–H groups in total. The average Bonchev–Trinajstić information content (AvgIpc) is 2.55. The number of thioether (sulfide) groups is 1. The van der Waals surface area contributed by atoms with E-state index in [1.165, 1.54) is 0 Å². The third-order valence-electron chi connectivity index (χ3n) is 2.31. The minimum atomic E-state index is -0.0585. The first-order chi connectivity index (χ1) is 8.02. The summed E-state index contributed by atoms with van der Waals surface area (Å²) in [5, 5.41) is 17.7. The molecule has 0 fully saturated rings. The van der Waals surface area contributed by atoms with Gasteiger partial charge < -0.3 is 0 Å². The van der Waals surface area contributed by atoms with E-state index in [-0.39, 0.29) is 6.04 Å². The molecule has 5 heteroatoms. The molecule has 17 heavy (non-hydrogen) atoms. The van der Waals surface area contributed by atoms with Gasteiger partial charge in [0.25, 0.3) is 0 Å². The molecule has 1 heterocycles. The van der Waals surface area contributed by atoms with Crippen molar-refractivity contribution in [3.8, 4) is 6.07 Å². The summed E-state index contributed by atoms with van der Waals surface area (Å²) in [6.45, 7) is 6.10. The standard InChI is InChI=1S/C12H20N4S/c1-9(2)14-11(8-13)5-6-17-12-7-10(3)15-16(12)4/h7,9,11,14H,5-6H2,1-4H3. The molecule has 0 aliphatic heterocycles. The summed E-state index contributed by atoms with van der Waals surface area (Å²) < 4.78 is 1.89. The molecule has 0 radical (unpaired) electrons. The Kier molecular flexibility index (Phi) is 5.52. The Labute approximate surface area is 107 Å².